The summed E-state index contributed by atoms with van der Waals surface area (Å²) >= 11 is 1.58. The fourth-order valence-corrected chi connectivity index (χ4v) is 5.28. The van der Waals surface area contributed by atoms with Gasteiger partial charge in [-0.1, -0.05) is 30.3 Å². The SMILES string of the molecule is CN(C)S(=O)(=O)c1ccc(-c2csc(=Nc3ccccc3)n2C[C@@H]2CCCO2)cc1. The lowest BCUT2D eigenvalue weighted by atomic mass is 10.1. The molecule has 0 radical (unpaired) electrons. The van der Waals surface area contributed by atoms with Gasteiger partial charge in [-0.05, 0) is 42.7 Å². The highest BCUT2D eigenvalue weighted by molar-refractivity contribution is 7.89. The van der Waals surface area contributed by atoms with Gasteiger partial charge in [0, 0.05) is 26.1 Å². The summed E-state index contributed by atoms with van der Waals surface area (Å²) in [6, 6.07) is 16.9. The van der Waals surface area contributed by atoms with E-state index in [9.17, 15) is 8.42 Å². The third-order valence-electron chi connectivity index (χ3n) is 5.12. The summed E-state index contributed by atoms with van der Waals surface area (Å²) < 4.78 is 34.0. The van der Waals surface area contributed by atoms with Gasteiger partial charge in [-0.25, -0.2) is 17.7 Å². The van der Waals surface area contributed by atoms with Crippen LogP contribution in [0.3, 0.4) is 0 Å². The Balaban J connectivity index is 1.75. The molecule has 0 saturated carbocycles. The molecule has 2 aromatic carbocycles. The molecule has 0 unspecified atom stereocenters. The summed E-state index contributed by atoms with van der Waals surface area (Å²) in [4.78, 5) is 6.02. The average molecular weight is 444 g/mol. The van der Waals surface area contributed by atoms with Crippen molar-refractivity contribution in [2.24, 2.45) is 4.99 Å². The van der Waals surface area contributed by atoms with Crippen LogP contribution in [0.4, 0.5) is 5.69 Å². The van der Waals surface area contributed by atoms with Crippen molar-refractivity contribution in [1.82, 2.24) is 8.87 Å². The monoisotopic (exact) mass is 443 g/mol. The van der Waals surface area contributed by atoms with Gasteiger partial charge >= 0.3 is 0 Å². The maximum absolute atomic E-state index is 12.4. The quantitative estimate of drug-likeness (QED) is 0.581. The van der Waals surface area contributed by atoms with Crippen LogP contribution < -0.4 is 4.80 Å². The lowest BCUT2D eigenvalue weighted by Crippen LogP contribution is -2.24. The molecule has 1 aliphatic heterocycles. The molecule has 1 saturated heterocycles. The molecule has 0 bridgehead atoms. The van der Waals surface area contributed by atoms with E-state index < -0.39 is 10.0 Å². The van der Waals surface area contributed by atoms with Crippen LogP contribution in [0.5, 0.6) is 0 Å². The minimum atomic E-state index is -3.45. The zero-order valence-electron chi connectivity index (χ0n) is 17.1. The van der Waals surface area contributed by atoms with E-state index in [0.717, 1.165) is 47.7 Å². The molecule has 6 nitrogen and oxygen atoms in total. The Bertz CT molecular complexity index is 1160. The van der Waals surface area contributed by atoms with Crippen molar-refractivity contribution < 1.29 is 13.2 Å². The molecule has 2 heterocycles. The molecular weight excluding hydrogens is 418 g/mol. The van der Waals surface area contributed by atoms with Gasteiger partial charge in [0.25, 0.3) is 0 Å². The van der Waals surface area contributed by atoms with Crippen LogP contribution in [-0.4, -0.2) is 44.1 Å². The Morgan fingerprint density at radius 3 is 2.50 bits per heavy atom. The van der Waals surface area contributed by atoms with Gasteiger partial charge in [-0.15, -0.1) is 11.3 Å². The van der Waals surface area contributed by atoms with Crippen molar-refractivity contribution in [2.75, 3.05) is 20.7 Å². The van der Waals surface area contributed by atoms with Crippen LogP contribution >= 0.6 is 11.3 Å². The highest BCUT2D eigenvalue weighted by atomic mass is 32.2. The number of aromatic nitrogens is 1. The molecule has 1 aromatic heterocycles. The number of rotatable bonds is 6. The molecule has 4 rings (SSSR count). The minimum Gasteiger partial charge on any atom is -0.376 e. The number of sulfonamides is 1. The van der Waals surface area contributed by atoms with E-state index >= 15 is 0 Å². The highest BCUT2D eigenvalue weighted by Crippen LogP contribution is 2.25. The molecule has 0 amide bonds. The van der Waals surface area contributed by atoms with Gasteiger partial charge in [0.15, 0.2) is 4.80 Å². The van der Waals surface area contributed by atoms with Crippen LogP contribution in [-0.2, 0) is 21.3 Å². The Morgan fingerprint density at radius 2 is 1.87 bits per heavy atom. The molecule has 30 heavy (non-hydrogen) atoms. The number of hydrogen-bond acceptors (Lipinski definition) is 5. The molecule has 158 valence electrons. The largest absolute Gasteiger partial charge is 0.376 e. The van der Waals surface area contributed by atoms with Crippen molar-refractivity contribution >= 4 is 27.0 Å². The maximum Gasteiger partial charge on any atom is 0.242 e. The Labute approximate surface area is 181 Å². The van der Waals surface area contributed by atoms with Crippen LogP contribution in [0.2, 0.25) is 0 Å². The number of thiazole rings is 1. The van der Waals surface area contributed by atoms with Crippen molar-refractivity contribution in [2.45, 2.75) is 30.4 Å². The summed E-state index contributed by atoms with van der Waals surface area (Å²) in [7, 11) is -0.376. The molecule has 0 N–H and O–H groups in total. The van der Waals surface area contributed by atoms with Gasteiger partial charge in [0.05, 0.1) is 28.9 Å². The lowest BCUT2D eigenvalue weighted by molar-refractivity contribution is 0.0968. The van der Waals surface area contributed by atoms with Crippen LogP contribution in [0, 0.1) is 0 Å². The second kappa shape index (κ2) is 8.85. The third kappa shape index (κ3) is 4.41. The summed E-state index contributed by atoms with van der Waals surface area (Å²) in [5.74, 6) is 0. The van der Waals surface area contributed by atoms with E-state index in [-0.39, 0.29) is 11.0 Å². The van der Waals surface area contributed by atoms with E-state index in [2.05, 4.69) is 9.95 Å². The number of nitrogens with zero attached hydrogens (tertiary/aromatic N) is 3. The Kier molecular flexibility index (Phi) is 6.19. The van der Waals surface area contributed by atoms with Crippen LogP contribution in [0.25, 0.3) is 11.3 Å². The van der Waals surface area contributed by atoms with Crippen molar-refractivity contribution in [3.05, 3.63) is 64.8 Å². The third-order valence-corrected chi connectivity index (χ3v) is 7.81. The summed E-state index contributed by atoms with van der Waals surface area (Å²) in [5, 5.41) is 2.08. The molecule has 1 aliphatic rings. The molecular formula is C22H25N3O3S2. The molecule has 3 aromatic rings. The summed E-state index contributed by atoms with van der Waals surface area (Å²) in [5.41, 5.74) is 2.87. The number of hydrogen-bond donors (Lipinski definition) is 0. The van der Waals surface area contributed by atoms with E-state index in [1.54, 1.807) is 23.5 Å². The zero-order valence-corrected chi connectivity index (χ0v) is 18.7. The summed E-state index contributed by atoms with van der Waals surface area (Å²) in [6.45, 7) is 1.52. The van der Waals surface area contributed by atoms with E-state index in [1.807, 2.05) is 42.5 Å². The first-order chi connectivity index (χ1) is 14.4. The van der Waals surface area contributed by atoms with Crippen LogP contribution in [0.15, 0.2) is 69.9 Å². The number of benzene rings is 2. The lowest BCUT2D eigenvalue weighted by Gasteiger charge is -2.15. The molecule has 0 spiro atoms. The molecule has 0 aliphatic carbocycles. The highest BCUT2D eigenvalue weighted by Gasteiger charge is 2.20. The standard InChI is InChI=1S/C22H25N3O3S2/c1-24(2)30(26,27)20-12-10-17(11-13-20)21-16-29-22(23-18-7-4-3-5-8-18)25(21)15-19-9-6-14-28-19/h3-5,7-8,10-13,16,19H,6,9,14-15H2,1-2H3/t19-/m0/s1. The second-order valence-corrected chi connectivity index (χ2v) is 10.4. The van der Waals surface area contributed by atoms with E-state index in [0.29, 0.717) is 0 Å². The van der Waals surface area contributed by atoms with Crippen molar-refractivity contribution in [1.29, 1.82) is 0 Å². The predicted octanol–water partition coefficient (Wildman–Crippen LogP) is 3.88. The molecule has 8 heteroatoms. The first kappa shape index (κ1) is 21.0. The van der Waals surface area contributed by atoms with Gasteiger partial charge in [-0.2, -0.15) is 0 Å². The molecule has 1 atom stereocenters. The Hall–Kier alpha value is -2.26. The average Bonchev–Trinajstić information content (AvgIpc) is 3.40. The van der Waals surface area contributed by atoms with Gasteiger partial charge in [0.2, 0.25) is 10.0 Å². The topological polar surface area (TPSA) is 63.9 Å². The minimum absolute atomic E-state index is 0.168. The Morgan fingerprint density at radius 1 is 1.13 bits per heavy atom. The van der Waals surface area contributed by atoms with Crippen molar-refractivity contribution in [3.8, 4) is 11.3 Å². The second-order valence-electron chi connectivity index (χ2n) is 7.41. The normalized spacial score (nSPS) is 17.7. The van der Waals surface area contributed by atoms with Crippen LogP contribution in [0.1, 0.15) is 12.8 Å². The predicted molar refractivity (Wildman–Crippen MR) is 119 cm³/mol. The van der Waals surface area contributed by atoms with E-state index in [4.69, 9.17) is 9.73 Å². The smallest absolute Gasteiger partial charge is 0.242 e. The molecule has 1 fully saturated rings. The zero-order chi connectivity index (χ0) is 21.1. The fraction of sp³-hybridized carbons (Fsp3) is 0.318. The number of para-hydroxylation sites is 1. The van der Waals surface area contributed by atoms with Gasteiger partial charge in [-0.3, -0.25) is 0 Å². The maximum atomic E-state index is 12.4. The first-order valence-electron chi connectivity index (χ1n) is 9.88. The summed E-state index contributed by atoms with van der Waals surface area (Å²) in [6.07, 6.45) is 2.28. The first-order valence-corrected chi connectivity index (χ1v) is 12.2. The van der Waals surface area contributed by atoms with Crippen molar-refractivity contribution in [3.63, 3.8) is 0 Å². The van der Waals surface area contributed by atoms with Gasteiger partial charge < -0.3 is 9.30 Å². The fourth-order valence-electron chi connectivity index (χ4n) is 3.44. The van der Waals surface area contributed by atoms with E-state index in [1.165, 1.54) is 18.4 Å². The number of ether oxygens (including phenoxy) is 1. The van der Waals surface area contributed by atoms with Gasteiger partial charge in [0.1, 0.15) is 0 Å².